The van der Waals surface area contributed by atoms with Crippen molar-refractivity contribution in [1.29, 1.82) is 0 Å². The van der Waals surface area contributed by atoms with Crippen LogP contribution < -0.4 is 10.6 Å². The number of carbonyl (C=O) groups excluding carboxylic acids is 1. The number of hydrogen-bond acceptors (Lipinski definition) is 3. The van der Waals surface area contributed by atoms with Gasteiger partial charge in [-0.1, -0.05) is 61.0 Å². The molecule has 0 unspecified atom stereocenters. The molecule has 2 N–H and O–H groups in total. The van der Waals surface area contributed by atoms with Gasteiger partial charge in [0, 0.05) is 6.54 Å². The quantitative estimate of drug-likeness (QED) is 0.582. The van der Waals surface area contributed by atoms with Gasteiger partial charge in [-0.25, -0.2) is 13.5 Å². The Kier molecular flexibility index (Phi) is 6.02. The summed E-state index contributed by atoms with van der Waals surface area (Å²) in [5, 5.41) is 10.3. The summed E-state index contributed by atoms with van der Waals surface area (Å²) in [4.78, 5) is 12.8. The summed E-state index contributed by atoms with van der Waals surface area (Å²) in [7, 11) is 0. The predicted molar refractivity (Wildman–Crippen MR) is 116 cm³/mol. The van der Waals surface area contributed by atoms with Crippen molar-refractivity contribution < 1.29 is 13.6 Å². The summed E-state index contributed by atoms with van der Waals surface area (Å²) in [5.41, 5.74) is 4.48. The van der Waals surface area contributed by atoms with Crippen molar-refractivity contribution in [2.24, 2.45) is 0 Å². The Labute approximate surface area is 180 Å². The van der Waals surface area contributed by atoms with E-state index in [0.29, 0.717) is 12.4 Å². The highest BCUT2D eigenvalue weighted by Crippen LogP contribution is 2.39. The van der Waals surface area contributed by atoms with Gasteiger partial charge >= 0.3 is 0 Å². The highest BCUT2D eigenvalue weighted by Gasteiger charge is 2.36. The van der Waals surface area contributed by atoms with E-state index >= 15 is 0 Å². The fourth-order valence-electron chi connectivity index (χ4n) is 3.89. The number of alkyl halides is 2. The van der Waals surface area contributed by atoms with Crippen molar-refractivity contribution in [3.63, 3.8) is 0 Å². The second-order valence-corrected chi connectivity index (χ2v) is 7.95. The molecule has 2 heterocycles. The Morgan fingerprint density at radius 3 is 2.48 bits per heavy atom. The Bertz CT molecular complexity index is 1040. The maximum Gasteiger partial charge on any atom is 0.260 e. The molecular formula is C24H26F2N4O. The SMILES string of the molecule is CCc1ccc([C@@H]2C[C@H](C(F)F)n3ncc(C(=O)NCc4ccc(C)cc4)c3N2)cc1. The molecule has 3 aromatic rings. The third kappa shape index (κ3) is 4.45. The molecule has 0 saturated carbocycles. The molecule has 162 valence electrons. The van der Waals surface area contributed by atoms with E-state index in [1.54, 1.807) is 0 Å². The standard InChI is InChI=1S/C24H26F2N4O/c1-3-16-8-10-18(11-9-16)20-12-21(22(25)26)30-23(29-20)19(14-28-30)24(31)27-13-17-6-4-15(2)5-7-17/h4-11,14,20-22,29H,3,12-13H2,1-2H3,(H,27,31)/t20-,21+/m0/s1. The Morgan fingerprint density at radius 1 is 1.16 bits per heavy atom. The number of rotatable bonds is 6. The van der Waals surface area contributed by atoms with Crippen molar-refractivity contribution in [3.8, 4) is 0 Å². The van der Waals surface area contributed by atoms with Crippen LogP contribution in [0.25, 0.3) is 0 Å². The summed E-state index contributed by atoms with van der Waals surface area (Å²) in [6.07, 6.45) is -0.107. The molecule has 0 fully saturated rings. The van der Waals surface area contributed by atoms with E-state index in [0.717, 1.165) is 23.1 Å². The lowest BCUT2D eigenvalue weighted by molar-refractivity contribution is 0.0656. The molecular weight excluding hydrogens is 398 g/mol. The van der Waals surface area contributed by atoms with E-state index in [1.807, 2.05) is 55.5 Å². The van der Waals surface area contributed by atoms with E-state index in [-0.39, 0.29) is 23.9 Å². The summed E-state index contributed by atoms with van der Waals surface area (Å²) in [5.74, 6) is -0.00755. The topological polar surface area (TPSA) is 59.0 Å². The molecule has 5 nitrogen and oxygen atoms in total. The van der Waals surface area contributed by atoms with Gasteiger partial charge in [-0.15, -0.1) is 0 Å². The number of benzene rings is 2. The minimum absolute atomic E-state index is 0.197. The molecule has 7 heteroatoms. The van der Waals surface area contributed by atoms with Gasteiger partial charge in [0.05, 0.1) is 12.2 Å². The largest absolute Gasteiger partial charge is 0.363 e. The molecule has 1 aliphatic heterocycles. The van der Waals surface area contributed by atoms with Crippen LogP contribution in [0.1, 0.15) is 58.0 Å². The number of nitrogens with one attached hydrogen (secondary N) is 2. The van der Waals surface area contributed by atoms with E-state index in [9.17, 15) is 13.6 Å². The number of hydrogen-bond donors (Lipinski definition) is 2. The van der Waals surface area contributed by atoms with E-state index in [1.165, 1.54) is 16.4 Å². The smallest absolute Gasteiger partial charge is 0.260 e. The number of nitrogens with zero attached hydrogens (tertiary/aromatic N) is 2. The zero-order valence-corrected chi connectivity index (χ0v) is 17.6. The number of fused-ring (bicyclic) bond motifs is 1. The third-order valence-corrected chi connectivity index (χ3v) is 5.80. The van der Waals surface area contributed by atoms with Crippen LogP contribution in [0.5, 0.6) is 0 Å². The number of carbonyl (C=O) groups is 1. The van der Waals surface area contributed by atoms with E-state index in [2.05, 4.69) is 22.7 Å². The first-order valence-electron chi connectivity index (χ1n) is 10.5. The van der Waals surface area contributed by atoms with Gasteiger partial charge in [-0.3, -0.25) is 4.79 Å². The molecule has 2 aromatic carbocycles. The first-order valence-corrected chi connectivity index (χ1v) is 10.5. The average Bonchev–Trinajstić information content (AvgIpc) is 3.22. The predicted octanol–water partition coefficient (Wildman–Crippen LogP) is 5.05. The lowest BCUT2D eigenvalue weighted by Gasteiger charge is -2.32. The van der Waals surface area contributed by atoms with Crippen molar-refractivity contribution in [2.75, 3.05) is 5.32 Å². The number of amides is 1. The molecule has 0 bridgehead atoms. The monoisotopic (exact) mass is 424 g/mol. The van der Waals surface area contributed by atoms with Gasteiger partial charge in [0.2, 0.25) is 0 Å². The zero-order valence-electron chi connectivity index (χ0n) is 17.6. The molecule has 4 rings (SSSR count). The van der Waals surface area contributed by atoms with Crippen LogP contribution in [0.4, 0.5) is 14.6 Å². The van der Waals surface area contributed by atoms with Crippen LogP contribution in [0, 0.1) is 6.92 Å². The lowest BCUT2D eigenvalue weighted by atomic mass is 9.96. The Morgan fingerprint density at radius 2 is 1.84 bits per heavy atom. The fourth-order valence-corrected chi connectivity index (χ4v) is 3.89. The van der Waals surface area contributed by atoms with Crippen LogP contribution in [-0.2, 0) is 13.0 Å². The second kappa shape index (κ2) is 8.88. The van der Waals surface area contributed by atoms with Gasteiger partial charge in [0.25, 0.3) is 12.3 Å². The van der Waals surface area contributed by atoms with Gasteiger partial charge in [-0.2, -0.15) is 5.10 Å². The molecule has 1 amide bonds. The minimum Gasteiger partial charge on any atom is -0.363 e. The first kappa shape index (κ1) is 21.0. The highest BCUT2D eigenvalue weighted by molar-refractivity contribution is 5.98. The molecule has 1 aromatic heterocycles. The van der Waals surface area contributed by atoms with E-state index in [4.69, 9.17) is 0 Å². The second-order valence-electron chi connectivity index (χ2n) is 7.95. The zero-order chi connectivity index (χ0) is 22.0. The van der Waals surface area contributed by atoms with Crippen molar-refractivity contribution in [2.45, 2.75) is 51.7 Å². The molecule has 0 saturated heterocycles. The van der Waals surface area contributed by atoms with Crippen molar-refractivity contribution in [3.05, 3.63) is 82.5 Å². The summed E-state index contributed by atoms with van der Waals surface area (Å²) in [6.45, 7) is 4.42. The average molecular weight is 424 g/mol. The van der Waals surface area contributed by atoms with E-state index < -0.39 is 12.5 Å². The maximum atomic E-state index is 13.8. The fraction of sp³-hybridized carbons (Fsp3) is 0.333. The molecule has 0 spiro atoms. The molecule has 2 atom stereocenters. The normalized spacial score (nSPS) is 17.8. The molecule has 1 aliphatic rings. The van der Waals surface area contributed by atoms with Gasteiger partial charge in [0.15, 0.2) is 0 Å². The maximum absolute atomic E-state index is 13.8. The van der Waals surface area contributed by atoms with Gasteiger partial charge in [0.1, 0.15) is 17.4 Å². The molecule has 0 radical (unpaired) electrons. The third-order valence-electron chi connectivity index (χ3n) is 5.80. The van der Waals surface area contributed by atoms with Crippen LogP contribution in [0.2, 0.25) is 0 Å². The lowest BCUT2D eigenvalue weighted by Crippen LogP contribution is -2.32. The van der Waals surface area contributed by atoms with Crippen molar-refractivity contribution in [1.82, 2.24) is 15.1 Å². The summed E-state index contributed by atoms with van der Waals surface area (Å²) < 4.78 is 28.9. The number of anilines is 1. The van der Waals surface area contributed by atoms with Gasteiger partial charge in [-0.05, 0) is 36.5 Å². The summed E-state index contributed by atoms with van der Waals surface area (Å²) in [6, 6.07) is 14.4. The number of halogens is 2. The first-order chi connectivity index (χ1) is 15.0. The highest BCUT2D eigenvalue weighted by atomic mass is 19.3. The van der Waals surface area contributed by atoms with Crippen LogP contribution in [0.15, 0.2) is 54.7 Å². The number of aromatic nitrogens is 2. The number of aryl methyl sites for hydroxylation is 2. The van der Waals surface area contributed by atoms with Gasteiger partial charge < -0.3 is 10.6 Å². The summed E-state index contributed by atoms with van der Waals surface area (Å²) >= 11 is 0. The van der Waals surface area contributed by atoms with Crippen LogP contribution in [0.3, 0.4) is 0 Å². The Balaban J connectivity index is 1.56. The molecule has 31 heavy (non-hydrogen) atoms. The molecule has 0 aliphatic carbocycles. The van der Waals surface area contributed by atoms with Crippen molar-refractivity contribution >= 4 is 11.7 Å². The Hall–Kier alpha value is -3.22. The minimum atomic E-state index is -2.58. The van der Waals surface area contributed by atoms with Crippen LogP contribution in [-0.4, -0.2) is 22.1 Å². The van der Waals surface area contributed by atoms with Crippen LogP contribution >= 0.6 is 0 Å².